The van der Waals surface area contributed by atoms with E-state index in [9.17, 15) is 14.7 Å². The Morgan fingerprint density at radius 1 is 1.14 bits per heavy atom. The second kappa shape index (κ2) is 6.09. The minimum Gasteiger partial charge on any atom is -0.506 e. The van der Waals surface area contributed by atoms with Crippen molar-refractivity contribution in [2.24, 2.45) is 0 Å². The van der Waals surface area contributed by atoms with Crippen LogP contribution >= 0.6 is 0 Å². The third-order valence-electron chi connectivity index (χ3n) is 3.05. The summed E-state index contributed by atoms with van der Waals surface area (Å²) in [6.45, 7) is 1.82. The lowest BCUT2D eigenvalue weighted by molar-refractivity contribution is -0.136. The summed E-state index contributed by atoms with van der Waals surface area (Å²) in [6, 6.07) is 11.4. The van der Waals surface area contributed by atoms with Crippen LogP contribution in [0.25, 0.3) is 0 Å². The van der Waals surface area contributed by atoms with E-state index < -0.39 is 5.97 Å². The van der Waals surface area contributed by atoms with Gasteiger partial charge in [0.05, 0.1) is 12.1 Å². The molecule has 0 aromatic heterocycles. The predicted octanol–water partition coefficient (Wildman–Crippen LogP) is 2.58. The largest absolute Gasteiger partial charge is 0.506 e. The van der Waals surface area contributed by atoms with E-state index >= 15 is 0 Å². The Hall–Kier alpha value is -2.82. The molecule has 2 aromatic carbocycles. The number of carboxylic acid groups (broad SMARTS) is 1. The summed E-state index contributed by atoms with van der Waals surface area (Å²) in [5.41, 5.74) is 2.01. The van der Waals surface area contributed by atoms with E-state index in [1.165, 1.54) is 18.2 Å². The number of carbonyl (C=O) groups excluding carboxylic acids is 1. The smallest absolute Gasteiger partial charge is 0.307 e. The summed E-state index contributed by atoms with van der Waals surface area (Å²) in [4.78, 5) is 22.9. The minimum atomic E-state index is -0.975. The molecule has 0 spiro atoms. The van der Waals surface area contributed by atoms with Gasteiger partial charge in [0.25, 0.3) is 5.91 Å². The van der Waals surface area contributed by atoms with Crippen molar-refractivity contribution in [1.29, 1.82) is 0 Å². The fourth-order valence-corrected chi connectivity index (χ4v) is 1.99. The number of rotatable bonds is 4. The summed E-state index contributed by atoms with van der Waals surface area (Å²) >= 11 is 0. The fraction of sp³-hybridized carbons (Fsp3) is 0.125. The second-order valence-electron chi connectivity index (χ2n) is 4.69. The Morgan fingerprint density at radius 3 is 2.52 bits per heavy atom. The Balaban J connectivity index is 2.24. The summed E-state index contributed by atoms with van der Waals surface area (Å²) < 4.78 is 0. The van der Waals surface area contributed by atoms with Crippen LogP contribution in [0, 0.1) is 6.92 Å². The summed E-state index contributed by atoms with van der Waals surface area (Å²) in [7, 11) is 0. The van der Waals surface area contributed by atoms with Gasteiger partial charge in [0.1, 0.15) is 5.75 Å². The van der Waals surface area contributed by atoms with Gasteiger partial charge in [-0.25, -0.2) is 0 Å². The number of carboxylic acids is 1. The maximum atomic E-state index is 12.2. The number of aliphatic carboxylic acids is 1. The van der Waals surface area contributed by atoms with E-state index in [1.807, 2.05) is 19.1 Å². The minimum absolute atomic E-state index is 0.105. The molecule has 0 aliphatic heterocycles. The first-order valence-electron chi connectivity index (χ1n) is 6.38. The topological polar surface area (TPSA) is 86.6 Å². The molecule has 108 valence electrons. The average Bonchev–Trinajstić information content (AvgIpc) is 2.42. The van der Waals surface area contributed by atoms with Gasteiger partial charge in [-0.05, 0) is 36.2 Å². The van der Waals surface area contributed by atoms with Crippen molar-refractivity contribution < 1.29 is 19.8 Å². The highest BCUT2D eigenvalue weighted by Crippen LogP contribution is 2.25. The van der Waals surface area contributed by atoms with E-state index in [0.717, 1.165) is 5.56 Å². The van der Waals surface area contributed by atoms with E-state index in [1.54, 1.807) is 12.1 Å². The molecule has 3 N–H and O–H groups in total. The molecule has 0 atom stereocenters. The molecule has 21 heavy (non-hydrogen) atoms. The number of amides is 1. The molecule has 0 saturated heterocycles. The van der Waals surface area contributed by atoms with Gasteiger partial charge in [0.2, 0.25) is 0 Å². The molecule has 0 unspecified atom stereocenters. The number of benzene rings is 2. The third kappa shape index (κ3) is 3.60. The first kappa shape index (κ1) is 14.6. The zero-order valence-corrected chi connectivity index (χ0v) is 11.5. The van der Waals surface area contributed by atoms with Gasteiger partial charge in [0, 0.05) is 5.56 Å². The summed E-state index contributed by atoms with van der Waals surface area (Å²) in [5.74, 6) is -1.43. The first-order valence-corrected chi connectivity index (χ1v) is 6.38. The molecule has 1 amide bonds. The van der Waals surface area contributed by atoms with Gasteiger partial charge in [-0.3, -0.25) is 9.59 Å². The predicted molar refractivity (Wildman–Crippen MR) is 78.6 cm³/mol. The number of aromatic hydroxyl groups is 1. The zero-order chi connectivity index (χ0) is 15.4. The van der Waals surface area contributed by atoms with Crippen LogP contribution in [0.4, 0.5) is 5.69 Å². The molecule has 2 aromatic rings. The molecule has 0 fully saturated rings. The van der Waals surface area contributed by atoms with Crippen molar-refractivity contribution >= 4 is 17.6 Å². The number of hydrogen-bond acceptors (Lipinski definition) is 3. The lowest BCUT2D eigenvalue weighted by Gasteiger charge is -2.10. The highest BCUT2D eigenvalue weighted by atomic mass is 16.4. The Labute approximate surface area is 121 Å². The number of carbonyl (C=O) groups is 2. The van der Waals surface area contributed by atoms with Crippen LogP contribution in [0.3, 0.4) is 0 Å². The van der Waals surface area contributed by atoms with Crippen molar-refractivity contribution in [1.82, 2.24) is 0 Å². The number of aryl methyl sites for hydroxylation is 1. The van der Waals surface area contributed by atoms with E-state index in [2.05, 4.69) is 5.32 Å². The number of anilines is 1. The van der Waals surface area contributed by atoms with Crippen molar-refractivity contribution in [3.8, 4) is 5.75 Å². The van der Waals surface area contributed by atoms with Crippen molar-refractivity contribution in [3.63, 3.8) is 0 Å². The summed E-state index contributed by atoms with van der Waals surface area (Å²) in [6.07, 6.45) is -0.173. The van der Waals surface area contributed by atoms with Crippen LogP contribution in [0.5, 0.6) is 5.75 Å². The average molecular weight is 285 g/mol. The molecule has 0 radical (unpaired) electrons. The molecule has 0 aliphatic carbocycles. The molecule has 0 saturated carbocycles. The molecule has 5 heteroatoms. The van der Waals surface area contributed by atoms with E-state index in [0.29, 0.717) is 11.1 Å². The van der Waals surface area contributed by atoms with Gasteiger partial charge < -0.3 is 15.5 Å². The normalized spacial score (nSPS) is 10.1. The monoisotopic (exact) mass is 285 g/mol. The molecular weight excluding hydrogens is 270 g/mol. The summed E-state index contributed by atoms with van der Waals surface area (Å²) in [5, 5.41) is 21.1. The van der Waals surface area contributed by atoms with Gasteiger partial charge >= 0.3 is 5.97 Å². The standard InChI is InChI=1S/C16H15NO4/c1-10-4-2-3-5-12(10)16(21)17-13-8-11(9-15(19)20)6-7-14(13)18/h2-8,18H,9H2,1H3,(H,17,21)(H,19,20). The van der Waals surface area contributed by atoms with Crippen molar-refractivity contribution in [2.75, 3.05) is 5.32 Å². The number of hydrogen-bond donors (Lipinski definition) is 3. The fourth-order valence-electron chi connectivity index (χ4n) is 1.99. The SMILES string of the molecule is Cc1ccccc1C(=O)Nc1cc(CC(=O)O)ccc1O. The molecule has 0 aliphatic rings. The third-order valence-corrected chi connectivity index (χ3v) is 3.05. The first-order chi connectivity index (χ1) is 9.97. The molecule has 2 rings (SSSR count). The van der Waals surface area contributed by atoms with Crippen molar-refractivity contribution in [2.45, 2.75) is 13.3 Å². The maximum Gasteiger partial charge on any atom is 0.307 e. The number of phenolic OH excluding ortho intramolecular Hbond substituents is 1. The van der Waals surface area contributed by atoms with Crippen LogP contribution in [0.1, 0.15) is 21.5 Å². The number of nitrogens with one attached hydrogen (secondary N) is 1. The molecule has 5 nitrogen and oxygen atoms in total. The van der Waals surface area contributed by atoms with Gasteiger partial charge in [-0.1, -0.05) is 24.3 Å². The Morgan fingerprint density at radius 2 is 1.86 bits per heavy atom. The number of phenols is 1. The van der Waals surface area contributed by atoms with Crippen LogP contribution in [0.15, 0.2) is 42.5 Å². The Bertz CT molecular complexity index is 694. The lowest BCUT2D eigenvalue weighted by Crippen LogP contribution is -2.13. The second-order valence-corrected chi connectivity index (χ2v) is 4.69. The highest BCUT2D eigenvalue weighted by molar-refractivity contribution is 6.06. The van der Waals surface area contributed by atoms with Gasteiger partial charge in [0.15, 0.2) is 0 Å². The van der Waals surface area contributed by atoms with Crippen LogP contribution in [-0.2, 0) is 11.2 Å². The molecule has 0 heterocycles. The molecular formula is C16H15NO4. The zero-order valence-electron chi connectivity index (χ0n) is 11.5. The quantitative estimate of drug-likeness (QED) is 0.753. The van der Waals surface area contributed by atoms with Gasteiger partial charge in [-0.15, -0.1) is 0 Å². The lowest BCUT2D eigenvalue weighted by atomic mass is 10.1. The van der Waals surface area contributed by atoms with Crippen LogP contribution < -0.4 is 5.32 Å². The maximum absolute atomic E-state index is 12.2. The van der Waals surface area contributed by atoms with E-state index in [-0.39, 0.29) is 23.8 Å². The van der Waals surface area contributed by atoms with Crippen LogP contribution in [-0.4, -0.2) is 22.1 Å². The Kier molecular flexibility index (Phi) is 4.23. The van der Waals surface area contributed by atoms with Crippen molar-refractivity contribution in [3.05, 3.63) is 59.2 Å². The molecule has 0 bridgehead atoms. The van der Waals surface area contributed by atoms with Gasteiger partial charge in [-0.2, -0.15) is 0 Å². The van der Waals surface area contributed by atoms with Crippen LogP contribution in [0.2, 0.25) is 0 Å². The van der Waals surface area contributed by atoms with E-state index in [4.69, 9.17) is 5.11 Å². The highest BCUT2D eigenvalue weighted by Gasteiger charge is 2.12.